The molecular formula is C17H25N3O. The fraction of sp³-hybridized carbons (Fsp3) is 0.471. The molecule has 1 heterocycles. The van der Waals surface area contributed by atoms with Gasteiger partial charge in [-0.25, -0.2) is 0 Å². The van der Waals surface area contributed by atoms with Gasteiger partial charge in [0.15, 0.2) is 0 Å². The second-order valence-electron chi connectivity index (χ2n) is 5.44. The normalized spacial score (nSPS) is 12.5. The number of methoxy groups -OCH3 is 1. The molecular weight excluding hydrogens is 262 g/mol. The molecule has 0 amide bonds. The summed E-state index contributed by atoms with van der Waals surface area (Å²) in [5, 5.41) is 8.13. The van der Waals surface area contributed by atoms with E-state index in [1.807, 2.05) is 17.8 Å². The van der Waals surface area contributed by atoms with Gasteiger partial charge in [0, 0.05) is 23.9 Å². The summed E-state index contributed by atoms with van der Waals surface area (Å²) in [6, 6.07) is 6.40. The molecule has 114 valence electrons. The van der Waals surface area contributed by atoms with Crippen molar-refractivity contribution in [1.29, 1.82) is 0 Å². The molecule has 21 heavy (non-hydrogen) atoms. The van der Waals surface area contributed by atoms with E-state index in [1.165, 1.54) is 22.4 Å². The predicted octanol–water partition coefficient (Wildman–Crippen LogP) is 3.05. The maximum Gasteiger partial charge on any atom is 0.124 e. The highest BCUT2D eigenvalue weighted by molar-refractivity contribution is 5.46. The summed E-state index contributed by atoms with van der Waals surface area (Å²) < 4.78 is 7.51. The average molecular weight is 287 g/mol. The molecule has 0 spiro atoms. The zero-order valence-electron chi connectivity index (χ0n) is 13.8. The van der Waals surface area contributed by atoms with Crippen LogP contribution in [0.3, 0.4) is 0 Å². The van der Waals surface area contributed by atoms with E-state index in [9.17, 15) is 0 Å². The third kappa shape index (κ3) is 2.95. The molecule has 0 aliphatic carbocycles. The highest BCUT2D eigenvalue weighted by atomic mass is 16.5. The van der Waals surface area contributed by atoms with E-state index < -0.39 is 0 Å². The van der Waals surface area contributed by atoms with E-state index in [0.29, 0.717) is 0 Å². The van der Waals surface area contributed by atoms with Crippen LogP contribution < -0.4 is 10.1 Å². The summed E-state index contributed by atoms with van der Waals surface area (Å²) in [6.45, 7) is 9.29. The number of rotatable bonds is 5. The van der Waals surface area contributed by atoms with Crippen molar-refractivity contribution < 1.29 is 4.74 Å². The highest BCUT2D eigenvalue weighted by Crippen LogP contribution is 2.33. The first-order valence-electron chi connectivity index (χ1n) is 7.37. The second kappa shape index (κ2) is 6.31. The van der Waals surface area contributed by atoms with Crippen LogP contribution in [-0.4, -0.2) is 23.4 Å². The Kier molecular flexibility index (Phi) is 4.68. The molecule has 0 saturated heterocycles. The summed E-state index contributed by atoms with van der Waals surface area (Å²) in [7, 11) is 3.71. The minimum absolute atomic E-state index is 0.0959. The minimum atomic E-state index is 0.0959. The molecule has 0 radical (unpaired) electrons. The molecule has 1 atom stereocenters. The molecule has 0 fully saturated rings. The van der Waals surface area contributed by atoms with E-state index in [2.05, 4.69) is 50.2 Å². The van der Waals surface area contributed by atoms with Crippen LogP contribution in [0.15, 0.2) is 18.2 Å². The first-order chi connectivity index (χ1) is 9.99. The molecule has 1 aromatic carbocycles. The van der Waals surface area contributed by atoms with Crippen LogP contribution in [0.25, 0.3) is 0 Å². The molecule has 4 nitrogen and oxygen atoms in total. The lowest BCUT2D eigenvalue weighted by Crippen LogP contribution is -2.24. The van der Waals surface area contributed by atoms with Crippen LogP contribution in [0, 0.1) is 20.8 Å². The Morgan fingerprint density at radius 1 is 1.29 bits per heavy atom. The van der Waals surface area contributed by atoms with E-state index in [-0.39, 0.29) is 6.04 Å². The molecule has 0 bridgehead atoms. The van der Waals surface area contributed by atoms with Gasteiger partial charge >= 0.3 is 0 Å². The minimum Gasteiger partial charge on any atom is -0.496 e. The fourth-order valence-corrected chi connectivity index (χ4v) is 2.86. The standard InChI is InChI=1S/C17H25N3O/c1-7-18-17(16-12(3)19-20(5)13(16)4)14-10-11(2)8-9-15(14)21-6/h8-10,17-18H,7H2,1-6H3. The van der Waals surface area contributed by atoms with Crippen molar-refractivity contribution in [2.45, 2.75) is 33.7 Å². The number of aryl methyl sites for hydroxylation is 3. The third-order valence-corrected chi connectivity index (χ3v) is 3.96. The zero-order chi connectivity index (χ0) is 15.6. The van der Waals surface area contributed by atoms with E-state index in [4.69, 9.17) is 4.74 Å². The summed E-state index contributed by atoms with van der Waals surface area (Å²) in [5.74, 6) is 0.911. The van der Waals surface area contributed by atoms with Gasteiger partial charge in [-0.15, -0.1) is 0 Å². The number of ether oxygens (including phenoxy) is 1. The van der Waals surface area contributed by atoms with Crippen LogP contribution in [0.5, 0.6) is 5.75 Å². The quantitative estimate of drug-likeness (QED) is 0.918. The zero-order valence-corrected chi connectivity index (χ0v) is 13.8. The summed E-state index contributed by atoms with van der Waals surface area (Å²) in [4.78, 5) is 0. The Morgan fingerprint density at radius 2 is 2.00 bits per heavy atom. The topological polar surface area (TPSA) is 39.1 Å². The Balaban J connectivity index is 2.61. The van der Waals surface area contributed by atoms with Crippen LogP contribution in [0.1, 0.15) is 41.0 Å². The molecule has 1 unspecified atom stereocenters. The fourth-order valence-electron chi connectivity index (χ4n) is 2.86. The number of nitrogens with one attached hydrogen (secondary N) is 1. The number of hydrogen-bond donors (Lipinski definition) is 1. The lowest BCUT2D eigenvalue weighted by molar-refractivity contribution is 0.404. The molecule has 0 saturated carbocycles. The lowest BCUT2D eigenvalue weighted by atomic mass is 9.95. The molecule has 0 aliphatic rings. The maximum absolute atomic E-state index is 5.57. The Labute approximate surface area is 127 Å². The van der Waals surface area contributed by atoms with Crippen molar-refractivity contribution in [3.63, 3.8) is 0 Å². The van der Waals surface area contributed by atoms with Crippen molar-refractivity contribution in [3.05, 3.63) is 46.3 Å². The Morgan fingerprint density at radius 3 is 2.52 bits per heavy atom. The van der Waals surface area contributed by atoms with E-state index in [0.717, 1.165) is 18.0 Å². The predicted molar refractivity (Wildman–Crippen MR) is 85.9 cm³/mol. The number of aromatic nitrogens is 2. The average Bonchev–Trinajstić information content (AvgIpc) is 2.70. The van der Waals surface area contributed by atoms with Gasteiger partial charge in [0.2, 0.25) is 0 Å². The first kappa shape index (κ1) is 15.6. The first-order valence-corrected chi connectivity index (χ1v) is 7.37. The van der Waals surface area contributed by atoms with Gasteiger partial charge < -0.3 is 10.1 Å². The van der Waals surface area contributed by atoms with Gasteiger partial charge in [0.05, 0.1) is 18.8 Å². The smallest absolute Gasteiger partial charge is 0.124 e. The van der Waals surface area contributed by atoms with E-state index in [1.54, 1.807) is 7.11 Å². The molecule has 0 aliphatic heterocycles. The summed E-state index contributed by atoms with van der Waals surface area (Å²) in [5.41, 5.74) is 5.88. The van der Waals surface area contributed by atoms with Crippen LogP contribution in [0.2, 0.25) is 0 Å². The van der Waals surface area contributed by atoms with Crippen molar-refractivity contribution in [2.24, 2.45) is 7.05 Å². The van der Waals surface area contributed by atoms with Crippen molar-refractivity contribution in [1.82, 2.24) is 15.1 Å². The van der Waals surface area contributed by atoms with Gasteiger partial charge in [0.25, 0.3) is 0 Å². The Hall–Kier alpha value is -1.81. The van der Waals surface area contributed by atoms with Crippen molar-refractivity contribution >= 4 is 0 Å². The monoisotopic (exact) mass is 287 g/mol. The maximum atomic E-state index is 5.57. The van der Waals surface area contributed by atoms with Gasteiger partial charge in [-0.05, 0) is 33.4 Å². The Bertz CT molecular complexity index is 631. The number of nitrogens with zero attached hydrogens (tertiary/aromatic N) is 2. The molecule has 2 aromatic rings. The van der Waals surface area contributed by atoms with Crippen LogP contribution in [0.4, 0.5) is 0 Å². The molecule has 1 N–H and O–H groups in total. The van der Waals surface area contributed by atoms with Gasteiger partial charge in [-0.3, -0.25) is 4.68 Å². The van der Waals surface area contributed by atoms with E-state index >= 15 is 0 Å². The SMILES string of the molecule is CCNC(c1cc(C)ccc1OC)c1c(C)nn(C)c1C. The van der Waals surface area contributed by atoms with Gasteiger partial charge in [-0.2, -0.15) is 5.10 Å². The largest absolute Gasteiger partial charge is 0.496 e. The number of hydrogen-bond acceptors (Lipinski definition) is 3. The van der Waals surface area contributed by atoms with Crippen LogP contribution in [-0.2, 0) is 7.05 Å². The third-order valence-electron chi connectivity index (χ3n) is 3.96. The van der Waals surface area contributed by atoms with Crippen molar-refractivity contribution in [2.75, 3.05) is 13.7 Å². The highest BCUT2D eigenvalue weighted by Gasteiger charge is 2.24. The van der Waals surface area contributed by atoms with Gasteiger partial charge in [-0.1, -0.05) is 24.6 Å². The molecule has 2 rings (SSSR count). The molecule has 1 aromatic heterocycles. The van der Waals surface area contributed by atoms with Crippen LogP contribution >= 0.6 is 0 Å². The number of benzene rings is 1. The molecule has 4 heteroatoms. The van der Waals surface area contributed by atoms with Gasteiger partial charge in [0.1, 0.15) is 5.75 Å². The van der Waals surface area contributed by atoms with Crippen molar-refractivity contribution in [3.8, 4) is 5.75 Å². The summed E-state index contributed by atoms with van der Waals surface area (Å²) in [6.07, 6.45) is 0. The summed E-state index contributed by atoms with van der Waals surface area (Å²) >= 11 is 0. The second-order valence-corrected chi connectivity index (χ2v) is 5.44. The lowest BCUT2D eigenvalue weighted by Gasteiger charge is -2.22.